The third kappa shape index (κ3) is 4.30. The van der Waals surface area contributed by atoms with Crippen LogP contribution in [0.3, 0.4) is 0 Å². The molecule has 0 bridgehead atoms. The highest BCUT2D eigenvalue weighted by Gasteiger charge is 2.48. The number of nitriles is 1. The summed E-state index contributed by atoms with van der Waals surface area (Å²) in [6, 6.07) is 8.46. The molecule has 182 valence electrons. The number of nitrogens with zero attached hydrogens (tertiary/aromatic N) is 4. The molecule has 5 rings (SSSR count). The summed E-state index contributed by atoms with van der Waals surface area (Å²) in [7, 11) is 1.66. The number of hydrogen-bond donors (Lipinski definition) is 0. The number of rotatable bonds is 7. The summed E-state index contributed by atoms with van der Waals surface area (Å²) in [5.74, 6) is 0.670. The van der Waals surface area contributed by atoms with E-state index in [4.69, 9.17) is 14.0 Å². The SMILES string of the molecule is COCCN1CC2(CCc3c(-c4noc(C5=CC(C#N)C(OC(C)C)C=C5)n4)cccc32)CC1=O. The van der Waals surface area contributed by atoms with Gasteiger partial charge in [0.2, 0.25) is 11.7 Å². The molecule has 3 atom stereocenters. The van der Waals surface area contributed by atoms with E-state index in [-0.39, 0.29) is 23.5 Å². The Balaban J connectivity index is 1.40. The monoisotopic (exact) mass is 474 g/mol. The molecule has 1 saturated heterocycles. The molecule has 2 heterocycles. The van der Waals surface area contributed by atoms with Crippen molar-refractivity contribution in [3.8, 4) is 17.5 Å². The molecule has 1 amide bonds. The first-order valence-corrected chi connectivity index (χ1v) is 12.1. The molecule has 0 N–H and O–H groups in total. The van der Waals surface area contributed by atoms with Gasteiger partial charge < -0.3 is 18.9 Å². The van der Waals surface area contributed by atoms with Gasteiger partial charge in [-0.2, -0.15) is 10.2 Å². The number of amides is 1. The second kappa shape index (κ2) is 9.40. The zero-order valence-corrected chi connectivity index (χ0v) is 20.4. The fourth-order valence-electron chi connectivity index (χ4n) is 5.54. The molecular formula is C27H30N4O4. The Morgan fingerprint density at radius 2 is 2.23 bits per heavy atom. The quantitative estimate of drug-likeness (QED) is 0.603. The number of likely N-dealkylation sites (tertiary alicyclic amines) is 1. The van der Waals surface area contributed by atoms with Crippen LogP contribution in [0.5, 0.6) is 0 Å². The highest BCUT2D eigenvalue weighted by molar-refractivity contribution is 5.82. The second-order valence-corrected chi connectivity index (χ2v) is 9.81. The summed E-state index contributed by atoms with van der Waals surface area (Å²) in [6.07, 6.45) is 7.63. The minimum atomic E-state index is -0.422. The van der Waals surface area contributed by atoms with Gasteiger partial charge in [-0.25, -0.2) is 0 Å². The number of allylic oxidation sites excluding steroid dienone is 2. The van der Waals surface area contributed by atoms with Crippen LogP contribution in [0.2, 0.25) is 0 Å². The minimum absolute atomic E-state index is 0.0242. The van der Waals surface area contributed by atoms with Gasteiger partial charge in [-0.15, -0.1) is 0 Å². The molecule has 1 fully saturated rings. The van der Waals surface area contributed by atoms with Gasteiger partial charge >= 0.3 is 0 Å². The third-order valence-electron chi connectivity index (χ3n) is 7.17. The van der Waals surface area contributed by atoms with Crippen LogP contribution >= 0.6 is 0 Å². The van der Waals surface area contributed by atoms with E-state index in [1.807, 2.05) is 49.1 Å². The lowest BCUT2D eigenvalue weighted by Crippen LogP contribution is -2.32. The molecule has 35 heavy (non-hydrogen) atoms. The Morgan fingerprint density at radius 3 is 3.00 bits per heavy atom. The van der Waals surface area contributed by atoms with E-state index in [9.17, 15) is 10.1 Å². The van der Waals surface area contributed by atoms with Gasteiger partial charge in [-0.3, -0.25) is 4.79 Å². The topological polar surface area (TPSA) is 101 Å². The van der Waals surface area contributed by atoms with Crippen LogP contribution in [0.15, 0.2) is 41.0 Å². The molecule has 8 nitrogen and oxygen atoms in total. The van der Waals surface area contributed by atoms with E-state index in [2.05, 4.69) is 22.3 Å². The minimum Gasteiger partial charge on any atom is -0.383 e. The molecule has 1 aromatic heterocycles. The fraction of sp³-hybridized carbons (Fsp3) is 0.481. The Kier molecular flexibility index (Phi) is 6.30. The maximum absolute atomic E-state index is 12.7. The van der Waals surface area contributed by atoms with Crippen molar-refractivity contribution >= 4 is 11.5 Å². The summed E-state index contributed by atoms with van der Waals surface area (Å²) in [5, 5.41) is 13.9. The molecule has 0 radical (unpaired) electrons. The van der Waals surface area contributed by atoms with Gasteiger partial charge in [0.25, 0.3) is 5.89 Å². The maximum atomic E-state index is 12.7. The van der Waals surface area contributed by atoms with Crippen molar-refractivity contribution in [1.82, 2.24) is 15.0 Å². The average Bonchev–Trinajstić information content (AvgIpc) is 3.55. The van der Waals surface area contributed by atoms with Gasteiger partial charge in [0.1, 0.15) is 0 Å². The molecule has 1 aliphatic heterocycles. The van der Waals surface area contributed by atoms with E-state index >= 15 is 0 Å². The molecule has 3 unspecified atom stereocenters. The first kappa shape index (κ1) is 23.5. The Morgan fingerprint density at radius 1 is 1.37 bits per heavy atom. The van der Waals surface area contributed by atoms with Gasteiger partial charge in [0, 0.05) is 43.2 Å². The number of hydrogen-bond acceptors (Lipinski definition) is 7. The van der Waals surface area contributed by atoms with Crippen LogP contribution in [0.4, 0.5) is 0 Å². The largest absolute Gasteiger partial charge is 0.383 e. The molecule has 3 aliphatic rings. The number of fused-ring (bicyclic) bond motifs is 2. The molecule has 0 saturated carbocycles. The van der Waals surface area contributed by atoms with Gasteiger partial charge in [0.15, 0.2) is 0 Å². The van der Waals surface area contributed by atoms with E-state index < -0.39 is 5.92 Å². The summed E-state index contributed by atoms with van der Waals surface area (Å²) < 4.78 is 16.6. The van der Waals surface area contributed by atoms with Crippen LogP contribution in [0.25, 0.3) is 17.0 Å². The normalized spacial score (nSPS) is 25.4. The second-order valence-electron chi connectivity index (χ2n) is 9.81. The van der Waals surface area contributed by atoms with Gasteiger partial charge in [0.05, 0.1) is 30.8 Å². The van der Waals surface area contributed by atoms with Crippen molar-refractivity contribution in [2.45, 2.75) is 50.7 Å². The van der Waals surface area contributed by atoms with E-state index in [0.29, 0.717) is 31.3 Å². The number of carbonyl (C=O) groups excluding carboxylic acids is 1. The first-order valence-electron chi connectivity index (χ1n) is 12.1. The van der Waals surface area contributed by atoms with Crippen LogP contribution < -0.4 is 0 Å². The Bertz CT molecular complexity index is 1220. The van der Waals surface area contributed by atoms with Crippen molar-refractivity contribution in [2.75, 3.05) is 26.8 Å². The molecule has 1 aromatic carbocycles. The zero-order valence-electron chi connectivity index (χ0n) is 20.4. The molecule has 2 aliphatic carbocycles. The van der Waals surface area contributed by atoms with Crippen molar-refractivity contribution in [3.63, 3.8) is 0 Å². The zero-order chi connectivity index (χ0) is 24.6. The molecule has 2 aromatic rings. The summed E-state index contributed by atoms with van der Waals surface area (Å²) in [4.78, 5) is 19.3. The number of methoxy groups -OCH3 is 1. The molecule has 8 heteroatoms. The first-order chi connectivity index (χ1) is 16.9. The highest BCUT2D eigenvalue weighted by Crippen LogP contribution is 2.48. The average molecular weight is 475 g/mol. The predicted molar refractivity (Wildman–Crippen MR) is 129 cm³/mol. The van der Waals surface area contributed by atoms with Crippen LogP contribution in [0.1, 0.15) is 43.7 Å². The number of ether oxygens (including phenoxy) is 2. The fourth-order valence-corrected chi connectivity index (χ4v) is 5.54. The molecule has 1 spiro atoms. The summed E-state index contributed by atoms with van der Waals surface area (Å²) in [6.45, 7) is 5.78. The number of carbonyl (C=O) groups is 1. The predicted octanol–water partition coefficient (Wildman–Crippen LogP) is 3.69. The van der Waals surface area contributed by atoms with Crippen molar-refractivity contribution in [3.05, 3.63) is 53.4 Å². The highest BCUT2D eigenvalue weighted by atomic mass is 16.5. The van der Waals surface area contributed by atoms with Gasteiger partial charge in [-0.1, -0.05) is 41.6 Å². The van der Waals surface area contributed by atoms with E-state index in [0.717, 1.165) is 30.5 Å². The standard InChI is InChI=1S/C27H30N4O4/c1-17(2)34-23-8-7-18(13-19(23)15-28)26-29-25(30-35-26)21-5-4-6-22-20(21)9-10-27(22)14-24(32)31(16-27)11-12-33-3/h4-8,13,17,19,23H,9-12,14,16H2,1-3H3. The van der Waals surface area contributed by atoms with E-state index in [1.54, 1.807) is 7.11 Å². The lowest BCUT2D eigenvalue weighted by Gasteiger charge is -2.25. The third-order valence-corrected chi connectivity index (χ3v) is 7.17. The van der Waals surface area contributed by atoms with Crippen molar-refractivity contribution in [2.24, 2.45) is 5.92 Å². The summed E-state index contributed by atoms with van der Waals surface area (Å²) in [5.41, 5.74) is 3.90. The van der Waals surface area contributed by atoms with E-state index in [1.165, 1.54) is 11.1 Å². The molecular weight excluding hydrogens is 444 g/mol. The number of aromatic nitrogens is 2. The van der Waals surface area contributed by atoms with Crippen LogP contribution in [-0.4, -0.2) is 60.0 Å². The Hall–Kier alpha value is -3.28. The smallest absolute Gasteiger partial charge is 0.257 e. The maximum Gasteiger partial charge on any atom is 0.257 e. The Labute approximate surface area is 205 Å². The summed E-state index contributed by atoms with van der Waals surface area (Å²) >= 11 is 0. The lowest BCUT2D eigenvalue weighted by atomic mass is 9.80. The van der Waals surface area contributed by atoms with Crippen molar-refractivity contribution < 1.29 is 18.8 Å². The van der Waals surface area contributed by atoms with Gasteiger partial charge in [-0.05, 0) is 37.8 Å². The number of benzene rings is 1. The van der Waals surface area contributed by atoms with Crippen LogP contribution in [0, 0.1) is 17.2 Å². The van der Waals surface area contributed by atoms with Crippen molar-refractivity contribution in [1.29, 1.82) is 5.26 Å². The lowest BCUT2D eigenvalue weighted by molar-refractivity contribution is -0.128. The van der Waals surface area contributed by atoms with Crippen LogP contribution in [-0.2, 0) is 26.1 Å².